The molecule has 0 amide bonds. The monoisotopic (exact) mass is 772 g/mol. The molecule has 4 aromatic carbocycles. The summed E-state index contributed by atoms with van der Waals surface area (Å²) in [5.41, 5.74) is 0.169. The molecule has 14 heteroatoms. The number of piperidine rings is 2. The van der Waals surface area contributed by atoms with Crippen molar-refractivity contribution in [1.29, 1.82) is 0 Å². The van der Waals surface area contributed by atoms with Gasteiger partial charge in [-0.15, -0.1) is 0 Å². The number of halogens is 6. The van der Waals surface area contributed by atoms with Gasteiger partial charge in [0.25, 0.3) is 0 Å². The van der Waals surface area contributed by atoms with Crippen molar-refractivity contribution in [2.24, 2.45) is 0 Å². The fraction of sp³-hybridized carbons (Fsp3) is 0.341. The lowest BCUT2D eigenvalue weighted by Gasteiger charge is -2.37. The number of carboxylic acid groups (broad SMARTS) is 3. The predicted molar refractivity (Wildman–Crippen MR) is 197 cm³/mol. The molecule has 4 aromatic rings. The van der Waals surface area contributed by atoms with Gasteiger partial charge in [0.05, 0.1) is 27.8 Å². The van der Waals surface area contributed by atoms with Crippen LogP contribution in [-0.4, -0.2) is 58.4 Å². The first-order valence-electron chi connectivity index (χ1n) is 17.7. The van der Waals surface area contributed by atoms with Crippen LogP contribution in [0.1, 0.15) is 94.6 Å². The average Bonchev–Trinajstić information content (AvgIpc) is 3.15. The Kier molecular flexibility index (Phi) is 14.0. The molecule has 6 rings (SSSR count). The Hall–Kier alpha value is -5.53. The van der Waals surface area contributed by atoms with Crippen LogP contribution in [0.5, 0.6) is 0 Å². The second-order valence-electron chi connectivity index (χ2n) is 13.4. The molecule has 55 heavy (non-hydrogen) atoms. The van der Waals surface area contributed by atoms with Crippen molar-refractivity contribution in [3.8, 4) is 11.1 Å². The summed E-state index contributed by atoms with van der Waals surface area (Å²) in [4.78, 5) is 35.8. The minimum atomic E-state index is -4.56. The van der Waals surface area contributed by atoms with Crippen LogP contribution in [0.3, 0.4) is 0 Å². The van der Waals surface area contributed by atoms with Crippen molar-refractivity contribution in [3.05, 3.63) is 119 Å². The summed E-state index contributed by atoms with van der Waals surface area (Å²) in [6.45, 7) is 4.92. The zero-order valence-corrected chi connectivity index (χ0v) is 30.2. The van der Waals surface area contributed by atoms with Gasteiger partial charge in [-0.1, -0.05) is 42.5 Å². The van der Waals surface area contributed by atoms with Crippen molar-refractivity contribution in [3.63, 3.8) is 0 Å². The number of hydrogen-bond acceptors (Lipinski definition) is 5. The number of hydrogen-bond donors (Lipinski definition) is 3. The molecule has 0 unspecified atom stereocenters. The van der Waals surface area contributed by atoms with Crippen LogP contribution >= 0.6 is 0 Å². The third kappa shape index (κ3) is 11.2. The van der Waals surface area contributed by atoms with Crippen molar-refractivity contribution in [2.45, 2.75) is 76.8 Å². The highest BCUT2D eigenvalue weighted by atomic mass is 19.4. The molecule has 0 spiro atoms. The van der Waals surface area contributed by atoms with E-state index in [0.717, 1.165) is 61.8 Å². The fourth-order valence-electron chi connectivity index (χ4n) is 6.64. The van der Waals surface area contributed by atoms with Gasteiger partial charge in [0.2, 0.25) is 0 Å². The maximum atomic E-state index is 13.2. The summed E-state index contributed by atoms with van der Waals surface area (Å²) in [5, 5.41) is 26.4. The fourth-order valence-corrected chi connectivity index (χ4v) is 6.64. The number of carbonyl (C=O) groups is 3. The molecule has 3 N–H and O–H groups in total. The van der Waals surface area contributed by atoms with E-state index in [1.165, 1.54) is 24.3 Å². The van der Waals surface area contributed by atoms with E-state index in [4.69, 9.17) is 15.3 Å². The normalized spacial score (nSPS) is 17.2. The molecule has 0 aliphatic carbocycles. The number of aromatic carboxylic acids is 3. The topological polar surface area (TPSA) is 118 Å². The van der Waals surface area contributed by atoms with Crippen LogP contribution in [0.4, 0.5) is 37.7 Å². The first-order chi connectivity index (χ1) is 25.9. The van der Waals surface area contributed by atoms with Crippen molar-refractivity contribution in [2.75, 3.05) is 22.9 Å². The summed E-state index contributed by atoms with van der Waals surface area (Å²) in [5.74, 6) is -3.60. The first-order valence-corrected chi connectivity index (χ1v) is 17.7. The highest BCUT2D eigenvalue weighted by Gasteiger charge is 2.38. The molecule has 0 saturated carbocycles. The van der Waals surface area contributed by atoms with E-state index < -0.39 is 41.4 Å². The van der Waals surface area contributed by atoms with Gasteiger partial charge in [-0.25, -0.2) is 14.4 Å². The Labute approximate surface area is 314 Å². The Balaban J connectivity index is 0.000000186. The number of anilines is 2. The quantitative estimate of drug-likeness (QED) is 0.166. The van der Waals surface area contributed by atoms with Gasteiger partial charge in [-0.3, -0.25) is 0 Å². The van der Waals surface area contributed by atoms with Gasteiger partial charge >= 0.3 is 30.3 Å². The largest absolute Gasteiger partial charge is 0.478 e. The number of rotatable bonds is 6. The standard InChI is InChI=1S/2C14H16F3NO2.C13H10O2/c2*1-9-4-2-3-7-18(9)12-6-5-10(13(19)20)8-11(12)14(15,16)17;14-13(15)12-8-6-11(7-9-12)10-4-2-1-3-5-10/h2*5-6,8-9H,2-4,7H2,1H3,(H,19,20);1-9H,(H,14,15)/t2*9-;/m10./s1. The summed E-state index contributed by atoms with van der Waals surface area (Å²) >= 11 is 0. The zero-order valence-electron chi connectivity index (χ0n) is 30.2. The molecule has 2 aliphatic heterocycles. The molecular formula is C41H42F6N2O6. The van der Waals surface area contributed by atoms with Gasteiger partial charge in [-0.2, -0.15) is 26.3 Å². The summed E-state index contributed by atoms with van der Waals surface area (Å²) in [6.07, 6.45) is -3.71. The lowest BCUT2D eigenvalue weighted by atomic mass is 9.99. The Morgan fingerprint density at radius 2 is 0.891 bits per heavy atom. The third-order valence-electron chi connectivity index (χ3n) is 9.56. The molecule has 294 valence electrons. The van der Waals surface area contributed by atoms with E-state index in [-0.39, 0.29) is 34.6 Å². The molecular weight excluding hydrogens is 730 g/mol. The molecule has 2 fully saturated rings. The highest BCUT2D eigenvalue weighted by Crippen LogP contribution is 2.40. The minimum absolute atomic E-state index is 0.0283. The van der Waals surface area contributed by atoms with Crippen LogP contribution in [0.15, 0.2) is 91.0 Å². The Bertz CT molecular complexity index is 1840. The van der Waals surface area contributed by atoms with Crippen molar-refractivity contribution >= 4 is 29.3 Å². The number of carboxylic acids is 3. The van der Waals surface area contributed by atoms with Crippen LogP contribution in [0, 0.1) is 0 Å². The van der Waals surface area contributed by atoms with Gasteiger partial charge < -0.3 is 25.1 Å². The zero-order chi connectivity index (χ0) is 40.5. The van der Waals surface area contributed by atoms with Gasteiger partial charge in [-0.05, 0) is 112 Å². The highest BCUT2D eigenvalue weighted by molar-refractivity contribution is 5.90. The van der Waals surface area contributed by atoms with Gasteiger partial charge in [0, 0.05) is 36.5 Å². The Morgan fingerprint density at radius 1 is 0.527 bits per heavy atom. The second-order valence-corrected chi connectivity index (χ2v) is 13.4. The smallest absolute Gasteiger partial charge is 0.418 e. The van der Waals surface area contributed by atoms with E-state index in [9.17, 15) is 40.7 Å². The maximum Gasteiger partial charge on any atom is 0.418 e. The van der Waals surface area contributed by atoms with Gasteiger partial charge in [0.15, 0.2) is 0 Å². The molecule has 0 bridgehead atoms. The average molecular weight is 773 g/mol. The molecule has 2 heterocycles. The summed E-state index contributed by atoms with van der Waals surface area (Å²) in [7, 11) is 0. The molecule has 2 saturated heterocycles. The van der Waals surface area contributed by atoms with Crippen LogP contribution in [0.2, 0.25) is 0 Å². The number of benzene rings is 4. The molecule has 0 radical (unpaired) electrons. The lowest BCUT2D eigenvalue weighted by molar-refractivity contribution is -0.138. The molecule has 2 atom stereocenters. The summed E-state index contributed by atoms with van der Waals surface area (Å²) < 4.78 is 78.9. The lowest BCUT2D eigenvalue weighted by Crippen LogP contribution is -2.38. The number of alkyl halides is 6. The van der Waals surface area contributed by atoms with Gasteiger partial charge in [0.1, 0.15) is 0 Å². The third-order valence-corrected chi connectivity index (χ3v) is 9.56. The van der Waals surface area contributed by atoms with E-state index in [1.54, 1.807) is 21.9 Å². The van der Waals surface area contributed by atoms with E-state index >= 15 is 0 Å². The number of nitrogens with zero attached hydrogens (tertiary/aromatic N) is 2. The van der Waals surface area contributed by atoms with E-state index in [1.807, 2.05) is 56.3 Å². The molecule has 8 nitrogen and oxygen atoms in total. The SMILES string of the molecule is C[C@@H]1CCCCN1c1ccc(C(=O)O)cc1C(F)(F)F.C[C@H]1CCCCN1c1ccc(C(=O)O)cc1C(F)(F)F.O=C(O)c1ccc(-c2ccccc2)cc1. The van der Waals surface area contributed by atoms with Crippen molar-refractivity contribution < 1.29 is 56.0 Å². The van der Waals surface area contributed by atoms with Crippen molar-refractivity contribution in [1.82, 2.24) is 0 Å². The minimum Gasteiger partial charge on any atom is -0.478 e. The molecule has 0 aromatic heterocycles. The van der Waals surface area contributed by atoms with E-state index in [0.29, 0.717) is 18.7 Å². The van der Waals surface area contributed by atoms with E-state index in [2.05, 4.69) is 0 Å². The second kappa shape index (κ2) is 18.2. The maximum absolute atomic E-state index is 13.2. The predicted octanol–water partition coefficient (Wildman–Crippen LogP) is 10.6. The summed E-state index contributed by atoms with van der Waals surface area (Å²) in [6, 6.07) is 23.2. The van der Waals surface area contributed by atoms with Crippen LogP contribution in [-0.2, 0) is 12.4 Å². The van der Waals surface area contributed by atoms with Crippen LogP contribution < -0.4 is 9.80 Å². The first kappa shape index (κ1) is 42.2. The molecule has 2 aliphatic rings. The Morgan fingerprint density at radius 3 is 1.24 bits per heavy atom. The van der Waals surface area contributed by atoms with Crippen LogP contribution in [0.25, 0.3) is 11.1 Å².